The molecule has 0 spiro atoms. The Morgan fingerprint density at radius 1 is 1.21 bits per heavy atom. The lowest BCUT2D eigenvalue weighted by Crippen LogP contribution is -2.44. The third-order valence-corrected chi connectivity index (χ3v) is 4.67. The van der Waals surface area contributed by atoms with E-state index in [0.29, 0.717) is 13.0 Å². The monoisotopic (exact) mass is 391 g/mol. The van der Waals surface area contributed by atoms with Crippen LogP contribution in [-0.2, 0) is 20.9 Å². The molecule has 1 heterocycles. The number of primary amides is 1. The lowest BCUT2D eigenvalue weighted by molar-refractivity contribution is -0.123. The number of nitrogens with two attached hydrogens (primary N) is 1. The van der Waals surface area contributed by atoms with Crippen LogP contribution in [0.5, 0.6) is 0 Å². The predicted molar refractivity (Wildman–Crippen MR) is 107 cm³/mol. The fraction of sp³-hybridized carbons (Fsp3) is 0.619. The maximum Gasteiger partial charge on any atom is 0.409 e. The summed E-state index contributed by atoms with van der Waals surface area (Å²) < 4.78 is 11.3. The van der Waals surface area contributed by atoms with E-state index in [1.165, 1.54) is 0 Å². The molecule has 1 aromatic rings. The predicted octanol–water partition coefficient (Wildman–Crippen LogP) is 2.64. The maximum absolute atomic E-state index is 12.2. The fourth-order valence-electron chi connectivity index (χ4n) is 3.15. The minimum Gasteiger partial charge on any atom is -0.444 e. The standard InChI is InChI=1S/C21H33N3O4/c1-21(2,3)28-20(26)23-18(27-15-16-7-5-4-6-8-16)11-14-24-12-9-17(10-13-24)19(22)25/h4-8,17-18H,9-15H2,1-3H3,(H2,22,25)(H,23,26). The number of carbonyl (C=O) groups is 2. The van der Waals surface area contributed by atoms with Crippen molar-refractivity contribution in [3.63, 3.8) is 0 Å². The zero-order valence-corrected chi connectivity index (χ0v) is 17.1. The van der Waals surface area contributed by atoms with Gasteiger partial charge in [0.05, 0.1) is 6.61 Å². The largest absolute Gasteiger partial charge is 0.444 e. The number of hydrogen-bond donors (Lipinski definition) is 2. The van der Waals surface area contributed by atoms with Crippen molar-refractivity contribution in [1.29, 1.82) is 0 Å². The molecule has 0 aliphatic carbocycles. The number of amides is 2. The normalized spacial score (nSPS) is 17.1. The molecule has 2 amide bonds. The van der Waals surface area contributed by atoms with E-state index in [1.54, 1.807) is 0 Å². The Morgan fingerprint density at radius 2 is 1.86 bits per heavy atom. The molecular formula is C21H33N3O4. The average Bonchev–Trinajstić information content (AvgIpc) is 2.63. The first kappa shape index (κ1) is 22.2. The Kier molecular flexibility index (Phi) is 8.26. The Balaban J connectivity index is 1.86. The summed E-state index contributed by atoms with van der Waals surface area (Å²) in [5, 5.41) is 2.83. The van der Waals surface area contributed by atoms with Gasteiger partial charge in [0.1, 0.15) is 11.8 Å². The molecule has 1 unspecified atom stereocenters. The molecule has 1 aliphatic heterocycles. The lowest BCUT2D eigenvalue weighted by atomic mass is 9.96. The number of benzene rings is 1. The molecule has 28 heavy (non-hydrogen) atoms. The summed E-state index contributed by atoms with van der Waals surface area (Å²) in [5.74, 6) is -0.239. The molecule has 7 nitrogen and oxygen atoms in total. The van der Waals surface area contributed by atoms with Crippen molar-refractivity contribution < 1.29 is 19.1 Å². The van der Waals surface area contributed by atoms with Gasteiger partial charge in [0.15, 0.2) is 0 Å². The van der Waals surface area contributed by atoms with E-state index < -0.39 is 17.9 Å². The van der Waals surface area contributed by atoms with Gasteiger partial charge in [0.2, 0.25) is 5.91 Å². The smallest absolute Gasteiger partial charge is 0.409 e. The van der Waals surface area contributed by atoms with Crippen molar-refractivity contribution >= 4 is 12.0 Å². The fourth-order valence-corrected chi connectivity index (χ4v) is 3.15. The van der Waals surface area contributed by atoms with Gasteiger partial charge >= 0.3 is 6.09 Å². The molecule has 1 fully saturated rings. The van der Waals surface area contributed by atoms with E-state index in [9.17, 15) is 9.59 Å². The number of nitrogens with zero attached hydrogens (tertiary/aromatic N) is 1. The molecule has 2 rings (SSSR count). The first-order chi connectivity index (χ1) is 13.2. The van der Waals surface area contributed by atoms with E-state index in [1.807, 2.05) is 51.1 Å². The Morgan fingerprint density at radius 3 is 2.43 bits per heavy atom. The van der Waals surface area contributed by atoms with Crippen LogP contribution in [0.1, 0.15) is 45.6 Å². The number of carbonyl (C=O) groups excluding carboxylic acids is 2. The van der Waals surface area contributed by atoms with Crippen LogP contribution in [0.2, 0.25) is 0 Å². The number of alkyl carbamates (subject to hydrolysis) is 1. The molecule has 1 saturated heterocycles. The van der Waals surface area contributed by atoms with Gasteiger partial charge in [-0.15, -0.1) is 0 Å². The first-order valence-corrected chi connectivity index (χ1v) is 9.89. The van der Waals surface area contributed by atoms with Crippen LogP contribution < -0.4 is 11.1 Å². The molecule has 0 aromatic heterocycles. The van der Waals surface area contributed by atoms with E-state index in [2.05, 4.69) is 10.2 Å². The molecule has 7 heteroatoms. The van der Waals surface area contributed by atoms with Crippen LogP contribution in [0.3, 0.4) is 0 Å². The van der Waals surface area contributed by atoms with Gasteiger partial charge in [0.25, 0.3) is 0 Å². The second-order valence-corrected chi connectivity index (χ2v) is 8.24. The number of nitrogens with one attached hydrogen (secondary N) is 1. The van der Waals surface area contributed by atoms with Gasteiger partial charge in [-0.1, -0.05) is 30.3 Å². The van der Waals surface area contributed by atoms with Crippen molar-refractivity contribution in [2.45, 2.75) is 58.5 Å². The van der Waals surface area contributed by atoms with Crippen LogP contribution in [0.25, 0.3) is 0 Å². The molecule has 0 radical (unpaired) electrons. The lowest BCUT2D eigenvalue weighted by Gasteiger charge is -2.31. The molecular weight excluding hydrogens is 358 g/mol. The zero-order chi connectivity index (χ0) is 20.6. The van der Waals surface area contributed by atoms with E-state index in [4.69, 9.17) is 15.2 Å². The number of ether oxygens (including phenoxy) is 2. The number of hydrogen-bond acceptors (Lipinski definition) is 5. The van der Waals surface area contributed by atoms with Crippen molar-refractivity contribution in [3.8, 4) is 0 Å². The van der Waals surface area contributed by atoms with Gasteiger partial charge in [-0.3, -0.25) is 10.1 Å². The minimum absolute atomic E-state index is 0.0266. The number of rotatable bonds is 8. The SMILES string of the molecule is CC(C)(C)OC(=O)NC(CCN1CCC(C(N)=O)CC1)OCc1ccccc1. The first-order valence-electron chi connectivity index (χ1n) is 9.89. The van der Waals surface area contributed by atoms with Gasteiger partial charge in [0, 0.05) is 18.9 Å². The summed E-state index contributed by atoms with van der Waals surface area (Å²) >= 11 is 0. The molecule has 1 aromatic carbocycles. The zero-order valence-electron chi connectivity index (χ0n) is 17.1. The molecule has 156 valence electrons. The van der Waals surface area contributed by atoms with Crippen molar-refractivity contribution in [2.75, 3.05) is 19.6 Å². The van der Waals surface area contributed by atoms with E-state index >= 15 is 0 Å². The number of piperidine rings is 1. The summed E-state index contributed by atoms with van der Waals surface area (Å²) in [6, 6.07) is 9.84. The highest BCUT2D eigenvalue weighted by Gasteiger charge is 2.25. The highest BCUT2D eigenvalue weighted by molar-refractivity contribution is 5.76. The van der Waals surface area contributed by atoms with Gasteiger partial charge in [-0.05, 0) is 52.3 Å². The minimum atomic E-state index is -0.565. The molecule has 1 atom stereocenters. The van der Waals surface area contributed by atoms with E-state index in [-0.39, 0.29) is 11.8 Å². The summed E-state index contributed by atoms with van der Waals surface area (Å²) in [6.07, 6.45) is 1.25. The third kappa shape index (κ3) is 8.27. The van der Waals surface area contributed by atoms with Gasteiger partial charge < -0.3 is 20.1 Å². The van der Waals surface area contributed by atoms with Crippen LogP contribution in [0, 0.1) is 5.92 Å². The second kappa shape index (κ2) is 10.4. The Bertz CT molecular complexity index is 622. The highest BCUT2D eigenvalue weighted by atomic mass is 16.6. The second-order valence-electron chi connectivity index (χ2n) is 8.24. The van der Waals surface area contributed by atoms with Crippen molar-refractivity contribution in [1.82, 2.24) is 10.2 Å². The molecule has 1 aliphatic rings. The topological polar surface area (TPSA) is 93.9 Å². The molecule has 0 saturated carbocycles. The van der Waals surface area contributed by atoms with Crippen LogP contribution in [0.15, 0.2) is 30.3 Å². The maximum atomic E-state index is 12.2. The van der Waals surface area contributed by atoms with E-state index in [0.717, 1.165) is 38.0 Å². The Hall–Kier alpha value is -2.12. The third-order valence-electron chi connectivity index (χ3n) is 4.67. The number of likely N-dealkylation sites (tertiary alicyclic amines) is 1. The molecule has 3 N–H and O–H groups in total. The summed E-state index contributed by atoms with van der Waals surface area (Å²) in [7, 11) is 0. The Labute approximate surface area is 167 Å². The van der Waals surface area contributed by atoms with Crippen molar-refractivity contribution in [2.24, 2.45) is 11.7 Å². The van der Waals surface area contributed by atoms with Gasteiger partial charge in [-0.2, -0.15) is 0 Å². The van der Waals surface area contributed by atoms with Crippen LogP contribution in [-0.4, -0.2) is 48.4 Å². The van der Waals surface area contributed by atoms with Crippen LogP contribution in [0.4, 0.5) is 4.79 Å². The molecule has 0 bridgehead atoms. The van der Waals surface area contributed by atoms with Crippen LogP contribution >= 0.6 is 0 Å². The van der Waals surface area contributed by atoms with Crippen molar-refractivity contribution in [3.05, 3.63) is 35.9 Å². The average molecular weight is 392 g/mol. The quantitative estimate of drug-likeness (QED) is 0.665. The summed E-state index contributed by atoms with van der Waals surface area (Å²) in [6.45, 7) is 8.31. The summed E-state index contributed by atoms with van der Waals surface area (Å²) in [5.41, 5.74) is 5.87. The highest BCUT2D eigenvalue weighted by Crippen LogP contribution is 2.17. The van der Waals surface area contributed by atoms with Gasteiger partial charge in [-0.25, -0.2) is 4.79 Å². The summed E-state index contributed by atoms with van der Waals surface area (Å²) in [4.78, 5) is 25.7.